The first-order chi connectivity index (χ1) is 13.1. The zero-order valence-corrected chi connectivity index (χ0v) is 16.3. The van der Waals surface area contributed by atoms with E-state index in [-0.39, 0.29) is 5.91 Å². The van der Waals surface area contributed by atoms with Gasteiger partial charge in [0.05, 0.1) is 12.5 Å². The van der Waals surface area contributed by atoms with Gasteiger partial charge in [0, 0.05) is 11.3 Å². The molecule has 0 heterocycles. The van der Waals surface area contributed by atoms with Crippen molar-refractivity contribution in [2.24, 2.45) is 0 Å². The molecule has 28 heavy (non-hydrogen) atoms. The molecule has 2 amide bonds. The van der Waals surface area contributed by atoms with Crippen LogP contribution in [-0.2, 0) is 15.0 Å². The van der Waals surface area contributed by atoms with E-state index < -0.39 is 23.3 Å². The quantitative estimate of drug-likeness (QED) is 0.681. The lowest BCUT2D eigenvalue weighted by molar-refractivity contribution is -0.138. The topological polar surface area (TPSA) is 105 Å². The molecule has 0 aliphatic rings. The van der Waals surface area contributed by atoms with Crippen LogP contribution in [0.25, 0.3) is 0 Å². The summed E-state index contributed by atoms with van der Waals surface area (Å²) in [5.74, 6) is -1.09. The monoisotopic (exact) mass is 384 g/mol. The highest BCUT2D eigenvalue weighted by Crippen LogP contribution is 2.27. The van der Waals surface area contributed by atoms with Gasteiger partial charge in [-0.3, -0.25) is 14.4 Å². The molecule has 3 N–H and O–H groups in total. The zero-order chi connectivity index (χ0) is 20.9. The first-order valence-electron chi connectivity index (χ1n) is 8.75. The molecule has 2 aromatic carbocycles. The maximum absolute atomic E-state index is 12.7. The van der Waals surface area contributed by atoms with Crippen LogP contribution in [0, 0.1) is 0 Å². The normalized spacial score (nSPS) is 12.0. The standard InChI is InChI=1S/C21H24N2O5/c1-13(19(25)26)22-18(24)14-5-9-16(10-6-14)23-20(27)21(2,3)15-7-11-17(28-4)12-8-15/h5-13H,1-4H3,(H,22,24)(H,23,27)(H,25,26). The molecule has 0 spiro atoms. The van der Waals surface area contributed by atoms with Crippen LogP contribution in [0.3, 0.4) is 0 Å². The van der Waals surface area contributed by atoms with Crippen molar-refractivity contribution >= 4 is 23.5 Å². The Morgan fingerprint density at radius 2 is 1.57 bits per heavy atom. The third-order valence-electron chi connectivity index (χ3n) is 4.50. The minimum absolute atomic E-state index is 0.200. The van der Waals surface area contributed by atoms with Gasteiger partial charge >= 0.3 is 5.97 Å². The molecule has 2 aromatic rings. The van der Waals surface area contributed by atoms with Gasteiger partial charge in [-0.1, -0.05) is 12.1 Å². The zero-order valence-electron chi connectivity index (χ0n) is 16.3. The van der Waals surface area contributed by atoms with Gasteiger partial charge in [-0.25, -0.2) is 0 Å². The van der Waals surface area contributed by atoms with Gasteiger partial charge in [0.15, 0.2) is 0 Å². The van der Waals surface area contributed by atoms with Crippen molar-refractivity contribution in [1.82, 2.24) is 5.32 Å². The fourth-order valence-corrected chi connectivity index (χ4v) is 2.47. The number of carbonyl (C=O) groups is 3. The van der Waals surface area contributed by atoms with Crippen LogP contribution in [-0.4, -0.2) is 36.0 Å². The lowest BCUT2D eigenvalue weighted by Crippen LogP contribution is -2.38. The van der Waals surface area contributed by atoms with Crippen molar-refractivity contribution in [3.05, 3.63) is 59.7 Å². The van der Waals surface area contributed by atoms with E-state index in [1.54, 1.807) is 31.4 Å². The average molecular weight is 384 g/mol. The number of amides is 2. The predicted octanol–water partition coefficient (Wildman–Crippen LogP) is 2.81. The fraction of sp³-hybridized carbons (Fsp3) is 0.286. The van der Waals surface area contributed by atoms with Crippen LogP contribution in [0.4, 0.5) is 5.69 Å². The van der Waals surface area contributed by atoms with Crippen molar-refractivity contribution in [1.29, 1.82) is 0 Å². The molecule has 0 aliphatic carbocycles. The molecule has 1 unspecified atom stereocenters. The van der Waals surface area contributed by atoms with Crippen LogP contribution in [0.15, 0.2) is 48.5 Å². The number of hydrogen-bond donors (Lipinski definition) is 3. The Balaban J connectivity index is 2.07. The Kier molecular flexibility index (Phi) is 6.41. The number of ether oxygens (including phenoxy) is 1. The van der Waals surface area contributed by atoms with Gasteiger partial charge in [-0.15, -0.1) is 0 Å². The second-order valence-corrected chi connectivity index (χ2v) is 6.92. The second kappa shape index (κ2) is 8.56. The lowest BCUT2D eigenvalue weighted by Gasteiger charge is -2.24. The molecule has 148 valence electrons. The van der Waals surface area contributed by atoms with Gasteiger partial charge < -0.3 is 20.5 Å². The molecule has 0 aliphatic heterocycles. The number of nitrogens with one attached hydrogen (secondary N) is 2. The van der Waals surface area contributed by atoms with Crippen molar-refractivity contribution in [2.75, 3.05) is 12.4 Å². The summed E-state index contributed by atoms with van der Waals surface area (Å²) in [5, 5.41) is 14.1. The lowest BCUT2D eigenvalue weighted by atomic mass is 9.83. The SMILES string of the molecule is COc1ccc(C(C)(C)C(=O)Nc2ccc(C(=O)NC(C)C(=O)O)cc2)cc1. The van der Waals surface area contributed by atoms with Crippen molar-refractivity contribution in [2.45, 2.75) is 32.2 Å². The van der Waals surface area contributed by atoms with Crippen LogP contribution in [0.5, 0.6) is 5.75 Å². The predicted molar refractivity (Wildman–Crippen MR) is 106 cm³/mol. The van der Waals surface area contributed by atoms with E-state index >= 15 is 0 Å². The van der Waals surface area contributed by atoms with E-state index in [4.69, 9.17) is 9.84 Å². The Morgan fingerprint density at radius 3 is 2.07 bits per heavy atom. The van der Waals surface area contributed by atoms with E-state index in [0.29, 0.717) is 17.0 Å². The molecule has 0 aromatic heterocycles. The van der Waals surface area contributed by atoms with Crippen molar-refractivity contribution in [3.8, 4) is 5.75 Å². The number of carbonyl (C=O) groups excluding carboxylic acids is 2. The first-order valence-corrected chi connectivity index (χ1v) is 8.75. The number of benzene rings is 2. The highest BCUT2D eigenvalue weighted by molar-refractivity contribution is 6.00. The van der Waals surface area contributed by atoms with E-state index in [1.807, 2.05) is 26.0 Å². The summed E-state index contributed by atoms with van der Waals surface area (Å²) in [4.78, 5) is 35.6. The number of rotatable bonds is 7. The van der Waals surface area contributed by atoms with Gasteiger partial charge in [0.25, 0.3) is 5.91 Å². The third kappa shape index (κ3) is 4.88. The largest absolute Gasteiger partial charge is 0.497 e. The van der Waals surface area contributed by atoms with E-state index in [1.165, 1.54) is 19.1 Å². The minimum atomic E-state index is -1.11. The molecule has 7 nitrogen and oxygen atoms in total. The Bertz CT molecular complexity index is 857. The fourth-order valence-electron chi connectivity index (χ4n) is 2.47. The number of carboxylic acid groups (broad SMARTS) is 1. The summed E-state index contributed by atoms with van der Waals surface area (Å²) in [7, 11) is 1.58. The Labute approximate surface area is 163 Å². The summed E-state index contributed by atoms with van der Waals surface area (Å²) in [6.07, 6.45) is 0. The van der Waals surface area contributed by atoms with Crippen LogP contribution in [0.1, 0.15) is 36.7 Å². The maximum Gasteiger partial charge on any atom is 0.325 e. The van der Waals surface area contributed by atoms with Crippen LogP contribution in [0.2, 0.25) is 0 Å². The number of carboxylic acids is 1. The molecule has 0 saturated heterocycles. The molecular weight excluding hydrogens is 360 g/mol. The van der Waals surface area contributed by atoms with Gasteiger partial charge in [-0.05, 0) is 62.7 Å². The highest BCUT2D eigenvalue weighted by atomic mass is 16.5. The summed E-state index contributed by atoms with van der Waals surface area (Å²) >= 11 is 0. The minimum Gasteiger partial charge on any atom is -0.497 e. The summed E-state index contributed by atoms with van der Waals surface area (Å²) < 4.78 is 5.14. The molecule has 0 bridgehead atoms. The highest BCUT2D eigenvalue weighted by Gasteiger charge is 2.30. The molecule has 0 radical (unpaired) electrons. The second-order valence-electron chi connectivity index (χ2n) is 6.92. The van der Waals surface area contributed by atoms with E-state index in [0.717, 1.165) is 5.56 Å². The molecule has 2 rings (SSSR count). The third-order valence-corrected chi connectivity index (χ3v) is 4.50. The first kappa shape index (κ1) is 21.0. The molecule has 0 saturated carbocycles. The Morgan fingerprint density at radius 1 is 1.00 bits per heavy atom. The molecule has 7 heteroatoms. The van der Waals surface area contributed by atoms with Crippen molar-refractivity contribution in [3.63, 3.8) is 0 Å². The molecule has 0 fully saturated rings. The average Bonchev–Trinajstić information content (AvgIpc) is 2.68. The summed E-state index contributed by atoms with van der Waals surface area (Å²) in [6.45, 7) is 5.02. The molecular formula is C21H24N2O5. The van der Waals surface area contributed by atoms with Crippen LogP contribution >= 0.6 is 0 Å². The van der Waals surface area contributed by atoms with E-state index in [9.17, 15) is 14.4 Å². The van der Waals surface area contributed by atoms with E-state index in [2.05, 4.69) is 10.6 Å². The van der Waals surface area contributed by atoms with Crippen molar-refractivity contribution < 1.29 is 24.2 Å². The van der Waals surface area contributed by atoms with Crippen LogP contribution < -0.4 is 15.4 Å². The van der Waals surface area contributed by atoms with Gasteiger partial charge in [0.1, 0.15) is 11.8 Å². The maximum atomic E-state index is 12.7. The number of methoxy groups -OCH3 is 1. The Hall–Kier alpha value is -3.35. The number of hydrogen-bond acceptors (Lipinski definition) is 4. The summed E-state index contributed by atoms with van der Waals surface area (Å²) in [6, 6.07) is 12.6. The summed E-state index contributed by atoms with van der Waals surface area (Å²) in [5.41, 5.74) is 0.901. The van der Waals surface area contributed by atoms with Gasteiger partial charge in [-0.2, -0.15) is 0 Å². The smallest absolute Gasteiger partial charge is 0.325 e. The van der Waals surface area contributed by atoms with Gasteiger partial charge in [0.2, 0.25) is 5.91 Å². The number of aliphatic carboxylic acids is 1. The number of anilines is 1. The molecule has 1 atom stereocenters.